The maximum Gasteiger partial charge on any atom is 0.387 e. The molecule has 0 atom stereocenters. The Bertz CT molecular complexity index is 792. The van der Waals surface area contributed by atoms with Crippen molar-refractivity contribution in [1.82, 2.24) is 5.32 Å². The molecule has 1 amide bonds. The molecule has 1 heterocycles. The highest BCUT2D eigenvalue weighted by molar-refractivity contribution is 8.18. The number of amidine groups is 1. The van der Waals surface area contributed by atoms with Crippen LogP contribution < -0.4 is 10.1 Å². The molecule has 0 spiro atoms. The van der Waals surface area contributed by atoms with Gasteiger partial charge in [-0.2, -0.15) is 8.78 Å². The normalized spacial score (nSPS) is 21.0. The maximum atomic E-state index is 12.6. The Morgan fingerprint density at radius 1 is 1.38 bits per heavy atom. The lowest BCUT2D eigenvalue weighted by Gasteiger charge is -2.08. The predicted octanol–water partition coefficient (Wildman–Crippen LogP) is 3.70. The predicted molar refractivity (Wildman–Crippen MR) is 93.1 cm³/mol. The summed E-state index contributed by atoms with van der Waals surface area (Å²) in [6, 6.07) is 3.41. The molecule has 1 aromatic carbocycles. The van der Waals surface area contributed by atoms with E-state index in [0.717, 1.165) is 55.6 Å². The van der Waals surface area contributed by atoms with E-state index in [-0.39, 0.29) is 27.9 Å². The lowest BCUT2D eigenvalue weighted by molar-refractivity contribution is -0.384. The minimum atomic E-state index is -3.09. The molecule has 1 aromatic rings. The smallest absolute Gasteiger partial charge is 0.387 e. The highest BCUT2D eigenvalue weighted by Crippen LogP contribution is 2.33. The van der Waals surface area contributed by atoms with Crippen LogP contribution in [0.2, 0.25) is 0 Å². The van der Waals surface area contributed by atoms with Crippen molar-refractivity contribution in [2.45, 2.75) is 38.3 Å². The monoisotopic (exact) mass is 383 g/mol. The van der Waals surface area contributed by atoms with E-state index in [9.17, 15) is 23.7 Å². The number of hydrogen-bond acceptors (Lipinski definition) is 6. The van der Waals surface area contributed by atoms with Crippen LogP contribution in [0, 0.1) is 10.1 Å². The van der Waals surface area contributed by atoms with Gasteiger partial charge in [0.05, 0.1) is 15.9 Å². The van der Waals surface area contributed by atoms with E-state index in [1.807, 2.05) is 0 Å². The number of non-ortho nitro benzene ring substituents is 1. The van der Waals surface area contributed by atoms with Crippen molar-refractivity contribution in [1.29, 1.82) is 0 Å². The van der Waals surface area contributed by atoms with Gasteiger partial charge in [-0.25, -0.2) is 0 Å². The molecule has 1 N–H and O–H groups in total. The number of carbonyl (C=O) groups is 1. The molecular weight excluding hydrogens is 368 g/mol. The number of aliphatic imine (C=N–C) groups is 1. The van der Waals surface area contributed by atoms with Crippen LogP contribution in [0.3, 0.4) is 0 Å². The number of ether oxygens (including phenoxy) is 1. The third kappa shape index (κ3) is 4.37. The molecule has 1 aliphatic heterocycles. The molecular formula is C16H15F2N3O4S. The number of thioether (sulfide) groups is 1. The van der Waals surface area contributed by atoms with E-state index in [0.29, 0.717) is 5.17 Å². The Morgan fingerprint density at radius 2 is 2.12 bits per heavy atom. The van der Waals surface area contributed by atoms with Gasteiger partial charge in [0, 0.05) is 17.7 Å². The Balaban J connectivity index is 1.88. The first-order valence-corrected chi connectivity index (χ1v) is 8.76. The van der Waals surface area contributed by atoms with Gasteiger partial charge in [-0.15, -0.1) is 0 Å². The Labute approximate surface area is 151 Å². The topological polar surface area (TPSA) is 93.8 Å². The van der Waals surface area contributed by atoms with Crippen LogP contribution in [0.4, 0.5) is 14.5 Å². The van der Waals surface area contributed by atoms with E-state index in [1.54, 1.807) is 0 Å². The third-order valence-electron chi connectivity index (χ3n) is 3.98. The molecule has 2 aliphatic rings. The highest BCUT2D eigenvalue weighted by atomic mass is 32.2. The average molecular weight is 383 g/mol. The zero-order valence-electron chi connectivity index (χ0n) is 13.5. The summed E-state index contributed by atoms with van der Waals surface area (Å²) >= 11 is 1.08. The molecule has 2 fully saturated rings. The molecule has 1 aliphatic carbocycles. The van der Waals surface area contributed by atoms with Gasteiger partial charge >= 0.3 is 6.61 Å². The fourth-order valence-electron chi connectivity index (χ4n) is 2.79. The summed E-state index contributed by atoms with van der Waals surface area (Å²) in [5, 5.41) is 14.0. The van der Waals surface area contributed by atoms with Crippen molar-refractivity contribution in [3.63, 3.8) is 0 Å². The van der Waals surface area contributed by atoms with Crippen molar-refractivity contribution >= 4 is 34.6 Å². The quantitative estimate of drug-likeness (QED) is 0.475. The number of halogens is 2. The van der Waals surface area contributed by atoms with Crippen LogP contribution in [0.5, 0.6) is 5.75 Å². The van der Waals surface area contributed by atoms with Gasteiger partial charge in [-0.3, -0.25) is 19.9 Å². The molecule has 7 nitrogen and oxygen atoms in total. The highest BCUT2D eigenvalue weighted by Gasteiger charge is 2.26. The fraction of sp³-hybridized carbons (Fsp3) is 0.375. The van der Waals surface area contributed by atoms with Crippen molar-refractivity contribution in [3.05, 3.63) is 38.8 Å². The second-order valence-corrected chi connectivity index (χ2v) is 6.83. The molecule has 138 valence electrons. The summed E-state index contributed by atoms with van der Waals surface area (Å²) in [5.74, 6) is -0.672. The van der Waals surface area contributed by atoms with Gasteiger partial charge in [0.15, 0.2) is 5.17 Å². The maximum absolute atomic E-state index is 12.6. The second-order valence-electron chi connectivity index (χ2n) is 5.80. The summed E-state index contributed by atoms with van der Waals surface area (Å²) in [4.78, 5) is 27.1. The van der Waals surface area contributed by atoms with Crippen molar-refractivity contribution in [2.75, 3.05) is 0 Å². The zero-order valence-corrected chi connectivity index (χ0v) is 14.3. The van der Waals surface area contributed by atoms with Crippen LogP contribution in [0.25, 0.3) is 6.08 Å². The van der Waals surface area contributed by atoms with Crippen molar-refractivity contribution < 1.29 is 23.2 Å². The third-order valence-corrected chi connectivity index (χ3v) is 4.91. The van der Waals surface area contributed by atoms with E-state index >= 15 is 0 Å². The summed E-state index contributed by atoms with van der Waals surface area (Å²) in [5.41, 5.74) is -0.263. The number of nitrogens with one attached hydrogen (secondary N) is 1. The number of rotatable bonds is 5. The van der Waals surface area contributed by atoms with Gasteiger partial charge in [-0.05, 0) is 36.7 Å². The molecule has 0 radical (unpaired) electrons. The van der Waals surface area contributed by atoms with E-state index in [2.05, 4.69) is 15.0 Å². The molecule has 0 unspecified atom stereocenters. The molecule has 10 heteroatoms. The van der Waals surface area contributed by atoms with E-state index in [1.165, 1.54) is 6.08 Å². The SMILES string of the molecule is O=C1NC(=NC2CCCC2)SC1=Cc1cc([N+](=O)[O-])ccc1OC(F)F. The standard InChI is InChI=1S/C16H15F2N3O4S/c17-15(18)25-12-6-5-11(21(23)24)7-9(12)8-13-14(22)20-16(26-13)19-10-3-1-2-4-10/h5-8,10,15H,1-4H2,(H,19,20,22). The van der Waals surface area contributed by atoms with Gasteiger partial charge in [0.1, 0.15) is 5.75 Å². The number of nitrogens with zero attached hydrogens (tertiary/aromatic N) is 2. The Hall–Kier alpha value is -2.49. The summed E-state index contributed by atoms with van der Waals surface area (Å²) in [6.45, 7) is -3.09. The Kier molecular flexibility index (Phi) is 5.50. The number of carbonyl (C=O) groups excluding carboxylic acids is 1. The summed E-state index contributed by atoms with van der Waals surface area (Å²) in [7, 11) is 0. The first-order chi connectivity index (χ1) is 12.4. The molecule has 1 saturated carbocycles. The van der Waals surface area contributed by atoms with Gasteiger partial charge in [-0.1, -0.05) is 12.8 Å². The minimum absolute atomic E-state index is 0.0271. The van der Waals surface area contributed by atoms with Gasteiger partial charge in [0.25, 0.3) is 11.6 Å². The number of nitro benzene ring substituents is 1. The van der Waals surface area contributed by atoms with Crippen molar-refractivity contribution in [3.8, 4) is 5.75 Å². The molecule has 1 saturated heterocycles. The number of hydrogen-bond donors (Lipinski definition) is 1. The van der Waals surface area contributed by atoms with E-state index < -0.39 is 17.4 Å². The first-order valence-electron chi connectivity index (χ1n) is 7.94. The molecule has 3 rings (SSSR count). The largest absolute Gasteiger partial charge is 0.434 e. The number of nitro groups is 1. The van der Waals surface area contributed by atoms with Gasteiger partial charge < -0.3 is 10.1 Å². The zero-order chi connectivity index (χ0) is 18.7. The van der Waals surface area contributed by atoms with Crippen molar-refractivity contribution in [2.24, 2.45) is 4.99 Å². The lowest BCUT2D eigenvalue weighted by Crippen LogP contribution is -2.21. The van der Waals surface area contributed by atoms with Crippen LogP contribution in [-0.4, -0.2) is 28.7 Å². The first kappa shape index (κ1) is 18.3. The van der Waals surface area contributed by atoms with Crippen LogP contribution in [0.15, 0.2) is 28.1 Å². The number of amides is 1. The number of alkyl halides is 2. The van der Waals surface area contributed by atoms with Crippen LogP contribution >= 0.6 is 11.8 Å². The van der Waals surface area contributed by atoms with Gasteiger partial charge in [0.2, 0.25) is 0 Å². The number of benzene rings is 1. The summed E-state index contributed by atoms with van der Waals surface area (Å²) in [6.07, 6.45) is 5.43. The minimum Gasteiger partial charge on any atom is -0.434 e. The fourth-order valence-corrected chi connectivity index (χ4v) is 3.68. The molecule has 0 aromatic heterocycles. The molecule has 0 bridgehead atoms. The van der Waals surface area contributed by atoms with Crippen LogP contribution in [-0.2, 0) is 4.79 Å². The van der Waals surface area contributed by atoms with Crippen LogP contribution in [0.1, 0.15) is 31.2 Å². The Morgan fingerprint density at radius 3 is 2.77 bits per heavy atom. The average Bonchev–Trinajstić information content (AvgIpc) is 3.19. The molecule has 26 heavy (non-hydrogen) atoms. The van der Waals surface area contributed by atoms with E-state index in [4.69, 9.17) is 0 Å². The second kappa shape index (κ2) is 7.81. The summed E-state index contributed by atoms with van der Waals surface area (Å²) < 4.78 is 29.5. The lowest BCUT2D eigenvalue weighted by atomic mass is 10.1.